The molecule has 4 rings (SSSR count). The van der Waals surface area contributed by atoms with E-state index in [-0.39, 0.29) is 30.8 Å². The fourth-order valence-corrected chi connectivity index (χ4v) is 3.76. The van der Waals surface area contributed by atoms with Crippen molar-refractivity contribution in [2.75, 3.05) is 25.1 Å². The zero-order chi connectivity index (χ0) is 19.7. The lowest BCUT2D eigenvalue weighted by molar-refractivity contribution is -0.138. The molecule has 1 atom stereocenters. The van der Waals surface area contributed by atoms with Crippen molar-refractivity contribution >= 4 is 28.4 Å². The van der Waals surface area contributed by atoms with Gasteiger partial charge in [-0.3, -0.25) is 9.59 Å². The first-order valence-corrected chi connectivity index (χ1v) is 9.35. The number of nitrogens with one attached hydrogen (secondary N) is 1. The minimum absolute atomic E-state index is 0.0316. The molecule has 0 saturated carbocycles. The van der Waals surface area contributed by atoms with Crippen molar-refractivity contribution in [2.45, 2.75) is 19.4 Å². The third-order valence-corrected chi connectivity index (χ3v) is 5.29. The molecule has 1 saturated heterocycles. The molecule has 0 radical (unpaired) electrons. The van der Waals surface area contributed by atoms with Crippen molar-refractivity contribution < 1.29 is 14.3 Å². The Balaban J connectivity index is 1.49. The number of hydrogen-bond acceptors (Lipinski definition) is 3. The van der Waals surface area contributed by atoms with Gasteiger partial charge in [0.25, 0.3) is 0 Å². The summed E-state index contributed by atoms with van der Waals surface area (Å²) in [5.41, 5.74) is 2.76. The lowest BCUT2D eigenvalue weighted by Crippen LogP contribution is -2.57. The van der Waals surface area contributed by atoms with Gasteiger partial charge in [0.2, 0.25) is 11.8 Å². The Morgan fingerprint density at radius 3 is 2.86 bits per heavy atom. The van der Waals surface area contributed by atoms with E-state index in [1.807, 2.05) is 61.7 Å². The van der Waals surface area contributed by atoms with Gasteiger partial charge < -0.3 is 19.5 Å². The van der Waals surface area contributed by atoms with Crippen LogP contribution in [0.2, 0.25) is 0 Å². The van der Waals surface area contributed by atoms with Crippen LogP contribution in [0, 0.1) is 0 Å². The molecule has 1 N–H and O–H groups in total. The summed E-state index contributed by atoms with van der Waals surface area (Å²) < 4.78 is 5.26. The summed E-state index contributed by atoms with van der Waals surface area (Å²) in [6.07, 6.45) is 2.16. The number of methoxy groups -OCH3 is 1. The number of anilines is 1. The van der Waals surface area contributed by atoms with E-state index in [0.717, 1.165) is 22.2 Å². The number of benzene rings is 2. The Labute approximate surface area is 163 Å². The van der Waals surface area contributed by atoms with Crippen molar-refractivity contribution in [3.8, 4) is 5.75 Å². The van der Waals surface area contributed by atoms with Gasteiger partial charge in [-0.2, -0.15) is 0 Å². The highest BCUT2D eigenvalue weighted by molar-refractivity contribution is 5.99. The molecule has 0 aliphatic carbocycles. The maximum absolute atomic E-state index is 12.9. The number of amides is 2. The number of H-pyrrole nitrogens is 1. The number of ether oxygens (including phenoxy) is 1. The minimum Gasteiger partial charge on any atom is -0.497 e. The Hall–Kier alpha value is -3.28. The number of hydrogen-bond donors (Lipinski definition) is 1. The van der Waals surface area contributed by atoms with E-state index >= 15 is 0 Å². The average molecular weight is 377 g/mol. The van der Waals surface area contributed by atoms with Crippen molar-refractivity contribution in [2.24, 2.45) is 0 Å². The van der Waals surface area contributed by atoms with Crippen LogP contribution in [0.3, 0.4) is 0 Å². The molecule has 0 spiro atoms. The first-order valence-electron chi connectivity index (χ1n) is 9.35. The molecule has 3 aromatic rings. The topological polar surface area (TPSA) is 65.6 Å². The molecule has 2 amide bonds. The van der Waals surface area contributed by atoms with E-state index < -0.39 is 0 Å². The predicted molar refractivity (Wildman–Crippen MR) is 109 cm³/mol. The lowest BCUT2D eigenvalue weighted by Gasteiger charge is -2.39. The molecule has 1 aliphatic rings. The van der Waals surface area contributed by atoms with Crippen LogP contribution >= 0.6 is 0 Å². The summed E-state index contributed by atoms with van der Waals surface area (Å²) in [5.74, 6) is 0.588. The van der Waals surface area contributed by atoms with Gasteiger partial charge in [-0.15, -0.1) is 0 Å². The van der Waals surface area contributed by atoms with Crippen LogP contribution in [0.25, 0.3) is 10.9 Å². The summed E-state index contributed by atoms with van der Waals surface area (Å²) in [7, 11) is 1.60. The summed E-state index contributed by atoms with van der Waals surface area (Å²) in [4.78, 5) is 32.3. The molecule has 144 valence electrons. The zero-order valence-corrected chi connectivity index (χ0v) is 16.0. The summed E-state index contributed by atoms with van der Waals surface area (Å²) >= 11 is 0. The third-order valence-electron chi connectivity index (χ3n) is 5.29. The van der Waals surface area contributed by atoms with E-state index in [1.165, 1.54) is 0 Å². The van der Waals surface area contributed by atoms with E-state index in [0.29, 0.717) is 12.3 Å². The highest BCUT2D eigenvalue weighted by Crippen LogP contribution is 2.25. The highest BCUT2D eigenvalue weighted by Gasteiger charge is 2.33. The normalized spacial score (nSPS) is 17.2. The Morgan fingerprint density at radius 1 is 1.21 bits per heavy atom. The van der Waals surface area contributed by atoms with Crippen LogP contribution in [0.15, 0.2) is 54.7 Å². The third kappa shape index (κ3) is 3.33. The summed E-state index contributed by atoms with van der Waals surface area (Å²) in [6, 6.07) is 15.3. The molecule has 0 unspecified atom stereocenters. The van der Waals surface area contributed by atoms with Gasteiger partial charge in [-0.25, -0.2) is 0 Å². The number of rotatable bonds is 4. The maximum atomic E-state index is 12.9. The fourth-order valence-electron chi connectivity index (χ4n) is 3.76. The molecular weight excluding hydrogens is 354 g/mol. The number of para-hydroxylation sites is 1. The molecule has 0 bridgehead atoms. The molecule has 1 aromatic heterocycles. The molecule has 28 heavy (non-hydrogen) atoms. The number of nitrogens with zero attached hydrogens (tertiary/aromatic N) is 2. The van der Waals surface area contributed by atoms with Crippen LogP contribution in [0.1, 0.15) is 12.5 Å². The molecular formula is C22H23N3O3. The van der Waals surface area contributed by atoms with Crippen LogP contribution in [0.4, 0.5) is 5.69 Å². The predicted octanol–water partition coefficient (Wildman–Crippen LogP) is 2.98. The smallest absolute Gasteiger partial charge is 0.246 e. The number of fused-ring (bicyclic) bond motifs is 1. The molecule has 1 fully saturated rings. The van der Waals surface area contributed by atoms with Gasteiger partial charge in [0.1, 0.15) is 12.3 Å². The van der Waals surface area contributed by atoms with Gasteiger partial charge >= 0.3 is 0 Å². The fraction of sp³-hybridized carbons (Fsp3) is 0.273. The van der Waals surface area contributed by atoms with Gasteiger partial charge in [0, 0.05) is 41.4 Å². The van der Waals surface area contributed by atoms with E-state index in [9.17, 15) is 9.59 Å². The maximum Gasteiger partial charge on any atom is 0.246 e. The Bertz CT molecular complexity index is 1030. The van der Waals surface area contributed by atoms with Crippen LogP contribution in [-0.2, 0) is 16.0 Å². The number of carbonyl (C=O) groups excluding carboxylic acids is 2. The number of aromatic amines is 1. The molecule has 1 aliphatic heterocycles. The van der Waals surface area contributed by atoms with Crippen molar-refractivity contribution in [1.82, 2.24) is 9.88 Å². The summed E-state index contributed by atoms with van der Waals surface area (Å²) in [5, 5.41) is 1.05. The number of piperazine rings is 1. The lowest BCUT2D eigenvalue weighted by atomic mass is 10.1. The second kappa shape index (κ2) is 7.38. The van der Waals surface area contributed by atoms with Gasteiger partial charge in [0.15, 0.2) is 0 Å². The van der Waals surface area contributed by atoms with Gasteiger partial charge in [-0.1, -0.05) is 24.3 Å². The number of aromatic nitrogens is 1. The Kier molecular flexibility index (Phi) is 4.77. The quantitative estimate of drug-likeness (QED) is 0.760. The molecule has 2 aromatic carbocycles. The van der Waals surface area contributed by atoms with Crippen molar-refractivity contribution in [3.63, 3.8) is 0 Å². The van der Waals surface area contributed by atoms with Gasteiger partial charge in [-0.05, 0) is 30.7 Å². The monoisotopic (exact) mass is 377 g/mol. The van der Waals surface area contributed by atoms with Crippen molar-refractivity contribution in [1.29, 1.82) is 0 Å². The molecule has 2 heterocycles. The molecule has 6 heteroatoms. The standard InChI is InChI=1S/C22H23N3O3/c1-15-13-25(17-6-5-7-18(11-17)28-2)22(27)14-24(15)21(26)10-16-12-23-20-9-4-3-8-19(16)20/h3-9,11-12,15,23H,10,13-14H2,1-2H3/t15-/m1/s1. The van der Waals surface area contributed by atoms with E-state index in [4.69, 9.17) is 4.74 Å². The average Bonchev–Trinajstić information content (AvgIpc) is 3.12. The summed E-state index contributed by atoms with van der Waals surface area (Å²) in [6.45, 7) is 2.53. The second-order valence-electron chi connectivity index (χ2n) is 7.11. The first-order chi connectivity index (χ1) is 13.6. The van der Waals surface area contributed by atoms with E-state index in [2.05, 4.69) is 4.98 Å². The minimum atomic E-state index is -0.0846. The molecule has 6 nitrogen and oxygen atoms in total. The zero-order valence-electron chi connectivity index (χ0n) is 16.0. The Morgan fingerprint density at radius 2 is 2.04 bits per heavy atom. The van der Waals surface area contributed by atoms with Crippen LogP contribution in [0.5, 0.6) is 5.75 Å². The van der Waals surface area contributed by atoms with Crippen LogP contribution in [-0.4, -0.2) is 47.9 Å². The highest BCUT2D eigenvalue weighted by atomic mass is 16.5. The number of carbonyl (C=O) groups is 2. The largest absolute Gasteiger partial charge is 0.497 e. The second-order valence-corrected chi connectivity index (χ2v) is 7.11. The van der Waals surface area contributed by atoms with Crippen molar-refractivity contribution in [3.05, 3.63) is 60.3 Å². The first kappa shape index (κ1) is 18.1. The van der Waals surface area contributed by atoms with E-state index in [1.54, 1.807) is 16.9 Å². The van der Waals surface area contributed by atoms with Gasteiger partial charge in [0.05, 0.1) is 13.5 Å². The SMILES string of the molecule is COc1cccc(N2C[C@@H](C)N(C(=O)Cc3c[nH]c4ccccc34)CC2=O)c1. The van der Waals surface area contributed by atoms with Crippen LogP contribution < -0.4 is 9.64 Å².